The van der Waals surface area contributed by atoms with E-state index in [0.717, 1.165) is 5.56 Å². The summed E-state index contributed by atoms with van der Waals surface area (Å²) in [7, 11) is 0. The van der Waals surface area contributed by atoms with Gasteiger partial charge in [0.15, 0.2) is 0 Å². The molecule has 116 valence electrons. The second-order valence-corrected chi connectivity index (χ2v) is 4.85. The molecule has 2 rings (SSSR count). The average molecular weight is 327 g/mol. The van der Waals surface area contributed by atoms with E-state index in [-0.39, 0.29) is 5.75 Å². The monoisotopic (exact) mass is 326 g/mol. The number of rotatable bonds is 4. The number of nitrogens with one attached hydrogen (secondary N) is 2. The Balaban J connectivity index is 1.95. The van der Waals surface area contributed by atoms with Crippen LogP contribution in [0.4, 0.5) is 25.0 Å². The summed E-state index contributed by atoms with van der Waals surface area (Å²) in [5, 5.41) is 5.74. The van der Waals surface area contributed by atoms with E-state index in [2.05, 4.69) is 15.4 Å². The molecule has 0 aliphatic rings. The zero-order valence-corrected chi connectivity index (χ0v) is 12.3. The Kier molecular flexibility index (Phi) is 5.16. The number of ether oxygens (including phenoxy) is 1. The third-order valence-corrected chi connectivity index (χ3v) is 3.17. The lowest BCUT2D eigenvalue weighted by Gasteiger charge is -2.09. The van der Waals surface area contributed by atoms with Crippen molar-refractivity contribution in [2.24, 2.45) is 0 Å². The summed E-state index contributed by atoms with van der Waals surface area (Å²) in [6, 6.07) is 10.3. The quantitative estimate of drug-likeness (QED) is 0.840. The Bertz CT molecular complexity index is 663. The number of halogens is 3. The van der Waals surface area contributed by atoms with Crippen LogP contribution in [-0.2, 0) is 0 Å². The highest BCUT2D eigenvalue weighted by molar-refractivity contribution is 6.31. The van der Waals surface area contributed by atoms with Crippen LogP contribution in [0.5, 0.6) is 5.75 Å². The molecule has 0 aromatic heterocycles. The Hall–Kier alpha value is -2.34. The molecule has 0 fully saturated rings. The van der Waals surface area contributed by atoms with Gasteiger partial charge in [-0.15, -0.1) is 0 Å². The smallest absolute Gasteiger partial charge is 0.387 e. The highest BCUT2D eigenvalue weighted by atomic mass is 35.5. The lowest BCUT2D eigenvalue weighted by Crippen LogP contribution is -2.19. The standard InChI is InChI=1S/C15H13ClF2N2O2/c1-9-2-3-11(8-13(9)16)20-15(21)19-10-4-6-12(7-5-10)22-14(17)18/h2-8,14H,1H3,(H2,19,20,21). The summed E-state index contributed by atoms with van der Waals surface area (Å²) in [6.45, 7) is -1.02. The number of carbonyl (C=O) groups is 1. The van der Waals surface area contributed by atoms with Crippen LogP contribution in [0, 0.1) is 6.92 Å². The van der Waals surface area contributed by atoms with Gasteiger partial charge in [-0.05, 0) is 48.9 Å². The molecule has 0 unspecified atom stereocenters. The van der Waals surface area contributed by atoms with Gasteiger partial charge >= 0.3 is 12.6 Å². The number of hydrogen-bond acceptors (Lipinski definition) is 2. The van der Waals surface area contributed by atoms with Crippen molar-refractivity contribution in [1.82, 2.24) is 0 Å². The van der Waals surface area contributed by atoms with Crippen molar-refractivity contribution in [3.63, 3.8) is 0 Å². The van der Waals surface area contributed by atoms with E-state index in [1.165, 1.54) is 24.3 Å². The first-order chi connectivity index (χ1) is 10.4. The second kappa shape index (κ2) is 7.09. The molecular formula is C15H13ClF2N2O2. The first-order valence-electron chi connectivity index (χ1n) is 6.33. The first-order valence-corrected chi connectivity index (χ1v) is 6.71. The third kappa shape index (κ3) is 4.60. The first kappa shape index (κ1) is 16.0. The lowest BCUT2D eigenvalue weighted by atomic mass is 10.2. The highest BCUT2D eigenvalue weighted by Crippen LogP contribution is 2.21. The maximum absolute atomic E-state index is 12.0. The van der Waals surface area contributed by atoms with E-state index in [0.29, 0.717) is 16.4 Å². The molecule has 7 heteroatoms. The van der Waals surface area contributed by atoms with Crippen LogP contribution in [0.3, 0.4) is 0 Å². The molecular weight excluding hydrogens is 314 g/mol. The van der Waals surface area contributed by atoms with Crippen LogP contribution in [0.25, 0.3) is 0 Å². The SMILES string of the molecule is Cc1ccc(NC(=O)Nc2ccc(OC(F)F)cc2)cc1Cl. The summed E-state index contributed by atoms with van der Waals surface area (Å²) in [4.78, 5) is 11.8. The van der Waals surface area contributed by atoms with Gasteiger partial charge in [-0.25, -0.2) is 4.79 Å². The number of anilines is 2. The van der Waals surface area contributed by atoms with Crippen molar-refractivity contribution in [3.05, 3.63) is 53.1 Å². The van der Waals surface area contributed by atoms with Crippen LogP contribution in [0.1, 0.15) is 5.56 Å². The topological polar surface area (TPSA) is 50.4 Å². The maximum atomic E-state index is 12.0. The molecule has 0 saturated heterocycles. The highest BCUT2D eigenvalue weighted by Gasteiger charge is 2.06. The molecule has 0 saturated carbocycles. The molecule has 0 aliphatic heterocycles. The van der Waals surface area contributed by atoms with Crippen molar-refractivity contribution in [3.8, 4) is 5.75 Å². The molecule has 0 bridgehead atoms. The van der Waals surface area contributed by atoms with E-state index >= 15 is 0 Å². The number of aryl methyl sites for hydroxylation is 1. The average Bonchev–Trinajstić information content (AvgIpc) is 2.44. The van der Waals surface area contributed by atoms with E-state index in [9.17, 15) is 13.6 Å². The predicted molar refractivity (Wildman–Crippen MR) is 81.9 cm³/mol. The van der Waals surface area contributed by atoms with E-state index < -0.39 is 12.6 Å². The van der Waals surface area contributed by atoms with Gasteiger partial charge in [-0.3, -0.25) is 0 Å². The summed E-state index contributed by atoms with van der Waals surface area (Å²) < 4.78 is 28.3. The van der Waals surface area contributed by atoms with Gasteiger partial charge in [0, 0.05) is 16.4 Å². The predicted octanol–water partition coefficient (Wildman–Crippen LogP) is 4.89. The van der Waals surface area contributed by atoms with Crippen molar-refractivity contribution in [2.45, 2.75) is 13.5 Å². The Morgan fingerprint density at radius 1 is 1.09 bits per heavy atom. The van der Waals surface area contributed by atoms with Crippen LogP contribution in [0.15, 0.2) is 42.5 Å². The fourth-order valence-electron chi connectivity index (χ4n) is 1.68. The van der Waals surface area contributed by atoms with Gasteiger partial charge in [0.1, 0.15) is 5.75 Å². The molecule has 4 nitrogen and oxygen atoms in total. The minimum Gasteiger partial charge on any atom is -0.435 e. The normalized spacial score (nSPS) is 10.4. The van der Waals surface area contributed by atoms with E-state index in [1.807, 2.05) is 6.92 Å². The number of amides is 2. The Morgan fingerprint density at radius 2 is 1.68 bits per heavy atom. The van der Waals surface area contributed by atoms with Crippen LogP contribution < -0.4 is 15.4 Å². The largest absolute Gasteiger partial charge is 0.435 e. The lowest BCUT2D eigenvalue weighted by molar-refractivity contribution is -0.0498. The number of benzene rings is 2. The molecule has 0 heterocycles. The summed E-state index contributed by atoms with van der Waals surface area (Å²) in [5.41, 5.74) is 1.89. The van der Waals surface area contributed by atoms with Crippen molar-refractivity contribution in [1.29, 1.82) is 0 Å². The van der Waals surface area contributed by atoms with Crippen molar-refractivity contribution < 1.29 is 18.3 Å². The Morgan fingerprint density at radius 3 is 2.27 bits per heavy atom. The van der Waals surface area contributed by atoms with Gasteiger partial charge in [0.05, 0.1) is 0 Å². The van der Waals surface area contributed by atoms with E-state index in [4.69, 9.17) is 11.6 Å². The minimum absolute atomic E-state index is 0.0197. The maximum Gasteiger partial charge on any atom is 0.387 e. The zero-order chi connectivity index (χ0) is 16.1. The number of alkyl halides is 2. The molecule has 0 spiro atoms. The van der Waals surface area contributed by atoms with Crippen LogP contribution >= 0.6 is 11.6 Å². The molecule has 0 radical (unpaired) electrons. The molecule has 2 amide bonds. The molecule has 22 heavy (non-hydrogen) atoms. The number of urea groups is 1. The van der Waals surface area contributed by atoms with Crippen LogP contribution in [-0.4, -0.2) is 12.6 Å². The molecule has 2 N–H and O–H groups in total. The number of carbonyl (C=O) groups excluding carboxylic acids is 1. The van der Waals surface area contributed by atoms with Gasteiger partial charge < -0.3 is 15.4 Å². The summed E-state index contributed by atoms with van der Waals surface area (Å²) >= 11 is 5.97. The molecule has 2 aromatic carbocycles. The minimum atomic E-state index is -2.88. The fourth-order valence-corrected chi connectivity index (χ4v) is 1.86. The van der Waals surface area contributed by atoms with Gasteiger partial charge in [-0.2, -0.15) is 8.78 Å². The molecule has 2 aromatic rings. The van der Waals surface area contributed by atoms with Crippen molar-refractivity contribution >= 4 is 29.0 Å². The van der Waals surface area contributed by atoms with E-state index in [1.54, 1.807) is 18.2 Å². The van der Waals surface area contributed by atoms with Gasteiger partial charge in [-0.1, -0.05) is 17.7 Å². The fraction of sp³-hybridized carbons (Fsp3) is 0.133. The van der Waals surface area contributed by atoms with Gasteiger partial charge in [0.2, 0.25) is 0 Å². The second-order valence-electron chi connectivity index (χ2n) is 4.45. The summed E-state index contributed by atoms with van der Waals surface area (Å²) in [5.74, 6) is 0.0197. The third-order valence-electron chi connectivity index (χ3n) is 2.77. The Labute approximate surface area is 131 Å². The van der Waals surface area contributed by atoms with Gasteiger partial charge in [0.25, 0.3) is 0 Å². The van der Waals surface area contributed by atoms with Crippen LogP contribution in [0.2, 0.25) is 5.02 Å². The summed E-state index contributed by atoms with van der Waals surface area (Å²) in [6.07, 6.45) is 0. The molecule has 0 atom stereocenters. The molecule has 0 aliphatic carbocycles. The van der Waals surface area contributed by atoms with Crippen molar-refractivity contribution in [2.75, 3.05) is 10.6 Å². The zero-order valence-electron chi connectivity index (χ0n) is 11.6. The number of hydrogen-bond donors (Lipinski definition) is 2.